The number of amides is 2. The van der Waals surface area contributed by atoms with Crippen molar-refractivity contribution >= 4 is 12.0 Å². The average Bonchev–Trinajstić information content (AvgIpc) is 2.77. The van der Waals surface area contributed by atoms with Gasteiger partial charge in [-0.05, 0) is 26.2 Å². The molecule has 6 nitrogen and oxygen atoms in total. The molecule has 0 spiro atoms. The Kier molecular flexibility index (Phi) is 4.95. The third kappa shape index (κ3) is 3.62. The minimum atomic E-state index is -0.794. The summed E-state index contributed by atoms with van der Waals surface area (Å²) < 4.78 is 0. The molecule has 6 heteroatoms. The minimum absolute atomic E-state index is 0.0738. The largest absolute Gasteiger partial charge is 0.481 e. The maximum atomic E-state index is 11.8. The molecule has 18 heavy (non-hydrogen) atoms. The molecule has 2 N–H and O–H groups in total. The molecular weight excluding hydrogens is 234 g/mol. The number of rotatable bonds is 4. The van der Waals surface area contributed by atoms with E-state index in [-0.39, 0.29) is 30.5 Å². The highest BCUT2D eigenvalue weighted by atomic mass is 16.4. The van der Waals surface area contributed by atoms with Gasteiger partial charge in [0.05, 0.1) is 18.4 Å². The van der Waals surface area contributed by atoms with Gasteiger partial charge in [-0.15, -0.1) is 0 Å². The summed E-state index contributed by atoms with van der Waals surface area (Å²) in [5, 5.41) is 20.3. The van der Waals surface area contributed by atoms with Crippen molar-refractivity contribution in [3.8, 4) is 6.07 Å². The van der Waals surface area contributed by atoms with E-state index in [9.17, 15) is 9.59 Å². The summed E-state index contributed by atoms with van der Waals surface area (Å²) in [6.45, 7) is 1.80. The third-order valence-corrected chi connectivity index (χ3v) is 3.48. The van der Waals surface area contributed by atoms with Gasteiger partial charge in [-0.25, -0.2) is 4.79 Å². The van der Waals surface area contributed by atoms with Crippen LogP contribution < -0.4 is 5.32 Å². The molecule has 2 amide bonds. The Labute approximate surface area is 107 Å². The normalized spacial score (nSPS) is 24.1. The van der Waals surface area contributed by atoms with Crippen LogP contribution >= 0.6 is 0 Å². The number of nitrogens with one attached hydrogen (secondary N) is 1. The second-order valence-corrected chi connectivity index (χ2v) is 4.82. The monoisotopic (exact) mass is 253 g/mol. The Hall–Kier alpha value is -1.77. The molecule has 0 aliphatic heterocycles. The van der Waals surface area contributed by atoms with Gasteiger partial charge in [0.2, 0.25) is 0 Å². The smallest absolute Gasteiger partial charge is 0.317 e. The lowest BCUT2D eigenvalue weighted by Crippen LogP contribution is -2.45. The van der Waals surface area contributed by atoms with Crippen LogP contribution in [0.25, 0.3) is 0 Å². The first-order chi connectivity index (χ1) is 8.45. The number of nitriles is 1. The molecule has 0 saturated heterocycles. The maximum Gasteiger partial charge on any atom is 0.317 e. The summed E-state index contributed by atoms with van der Waals surface area (Å²) in [5.41, 5.74) is 0. The fourth-order valence-corrected chi connectivity index (χ4v) is 2.08. The van der Waals surface area contributed by atoms with E-state index in [0.717, 1.165) is 0 Å². The number of carboxylic acid groups (broad SMARTS) is 1. The zero-order chi connectivity index (χ0) is 13.7. The highest BCUT2D eigenvalue weighted by Crippen LogP contribution is 2.25. The second kappa shape index (κ2) is 6.24. The third-order valence-electron chi connectivity index (χ3n) is 3.48. The number of carbonyl (C=O) groups excluding carboxylic acids is 1. The maximum absolute atomic E-state index is 11.8. The lowest BCUT2D eigenvalue weighted by Gasteiger charge is -2.25. The zero-order valence-electron chi connectivity index (χ0n) is 10.7. The number of aliphatic carboxylic acids is 1. The first kappa shape index (κ1) is 14.3. The van der Waals surface area contributed by atoms with E-state index in [0.29, 0.717) is 19.3 Å². The van der Waals surface area contributed by atoms with E-state index >= 15 is 0 Å². The molecule has 1 aliphatic rings. The van der Waals surface area contributed by atoms with Crippen molar-refractivity contribution in [2.75, 3.05) is 7.05 Å². The average molecular weight is 253 g/mol. The highest BCUT2D eigenvalue weighted by Gasteiger charge is 2.31. The van der Waals surface area contributed by atoms with Crippen LogP contribution in [0.5, 0.6) is 0 Å². The summed E-state index contributed by atoms with van der Waals surface area (Å²) in [6.07, 6.45) is 2.08. The minimum Gasteiger partial charge on any atom is -0.481 e. The van der Waals surface area contributed by atoms with Crippen molar-refractivity contribution in [3.05, 3.63) is 0 Å². The van der Waals surface area contributed by atoms with Crippen LogP contribution in [0.15, 0.2) is 0 Å². The van der Waals surface area contributed by atoms with Gasteiger partial charge in [0.25, 0.3) is 0 Å². The van der Waals surface area contributed by atoms with E-state index < -0.39 is 5.97 Å². The van der Waals surface area contributed by atoms with Gasteiger partial charge in [-0.2, -0.15) is 5.26 Å². The molecular formula is C12H19N3O3. The van der Waals surface area contributed by atoms with Gasteiger partial charge in [0.15, 0.2) is 0 Å². The van der Waals surface area contributed by atoms with Crippen molar-refractivity contribution in [1.29, 1.82) is 5.26 Å². The number of nitrogens with zero attached hydrogens (tertiary/aromatic N) is 2. The van der Waals surface area contributed by atoms with Crippen molar-refractivity contribution in [3.63, 3.8) is 0 Å². The standard InChI is InChI=1S/C12H19N3O3/c1-8(5-6-13)15(2)12(18)14-10-4-3-9(7-10)11(16)17/h8-10H,3-5,7H2,1-2H3,(H,14,18)(H,16,17). The number of carboxylic acids is 1. The van der Waals surface area contributed by atoms with Gasteiger partial charge in [-0.3, -0.25) is 4.79 Å². The van der Waals surface area contributed by atoms with Crippen molar-refractivity contribution in [2.45, 2.75) is 44.7 Å². The summed E-state index contributed by atoms with van der Waals surface area (Å²) in [4.78, 5) is 24.1. The molecule has 3 atom stereocenters. The van der Waals surface area contributed by atoms with Crippen molar-refractivity contribution < 1.29 is 14.7 Å². The first-order valence-corrected chi connectivity index (χ1v) is 6.08. The molecule has 1 fully saturated rings. The van der Waals surface area contributed by atoms with Crippen LogP contribution in [0, 0.1) is 17.2 Å². The van der Waals surface area contributed by atoms with Gasteiger partial charge in [0.1, 0.15) is 0 Å². The molecule has 1 aliphatic carbocycles. The van der Waals surface area contributed by atoms with E-state index in [4.69, 9.17) is 10.4 Å². The summed E-state index contributed by atoms with van der Waals surface area (Å²) in [7, 11) is 1.64. The second-order valence-electron chi connectivity index (χ2n) is 4.82. The molecule has 3 unspecified atom stereocenters. The Morgan fingerprint density at radius 3 is 2.72 bits per heavy atom. The Bertz CT molecular complexity index is 364. The Morgan fingerprint density at radius 1 is 1.56 bits per heavy atom. The van der Waals surface area contributed by atoms with Crippen LogP contribution in [0.2, 0.25) is 0 Å². The van der Waals surface area contributed by atoms with E-state index in [1.54, 1.807) is 14.0 Å². The molecule has 0 heterocycles. The molecule has 0 aromatic heterocycles. The van der Waals surface area contributed by atoms with E-state index in [1.165, 1.54) is 4.90 Å². The Morgan fingerprint density at radius 2 is 2.22 bits per heavy atom. The molecule has 0 radical (unpaired) electrons. The van der Waals surface area contributed by atoms with Crippen LogP contribution in [0.4, 0.5) is 4.79 Å². The van der Waals surface area contributed by atoms with Crippen LogP contribution in [0.3, 0.4) is 0 Å². The topological polar surface area (TPSA) is 93.4 Å². The molecule has 1 rings (SSSR count). The van der Waals surface area contributed by atoms with Gasteiger partial charge >= 0.3 is 12.0 Å². The number of hydrogen-bond acceptors (Lipinski definition) is 3. The molecule has 100 valence electrons. The van der Waals surface area contributed by atoms with E-state index in [2.05, 4.69) is 5.32 Å². The summed E-state index contributed by atoms with van der Waals surface area (Å²) in [6, 6.07) is 1.56. The quantitative estimate of drug-likeness (QED) is 0.786. The lowest BCUT2D eigenvalue weighted by molar-refractivity contribution is -0.141. The molecule has 0 aromatic rings. The predicted molar refractivity (Wildman–Crippen MR) is 64.8 cm³/mol. The first-order valence-electron chi connectivity index (χ1n) is 6.08. The van der Waals surface area contributed by atoms with Gasteiger partial charge < -0.3 is 15.3 Å². The molecule has 0 aromatic carbocycles. The summed E-state index contributed by atoms with van der Waals surface area (Å²) >= 11 is 0. The number of urea groups is 1. The van der Waals surface area contributed by atoms with E-state index in [1.807, 2.05) is 6.07 Å². The number of carbonyl (C=O) groups is 2. The fourth-order valence-electron chi connectivity index (χ4n) is 2.08. The van der Waals surface area contributed by atoms with Gasteiger partial charge in [0, 0.05) is 19.1 Å². The van der Waals surface area contributed by atoms with Crippen LogP contribution in [-0.2, 0) is 4.79 Å². The lowest BCUT2D eigenvalue weighted by atomic mass is 10.1. The summed E-state index contributed by atoms with van der Waals surface area (Å²) in [5.74, 6) is -1.14. The van der Waals surface area contributed by atoms with Crippen molar-refractivity contribution in [2.24, 2.45) is 5.92 Å². The zero-order valence-corrected chi connectivity index (χ0v) is 10.7. The van der Waals surface area contributed by atoms with Crippen LogP contribution in [0.1, 0.15) is 32.6 Å². The molecule has 0 bridgehead atoms. The Balaban J connectivity index is 2.42. The van der Waals surface area contributed by atoms with Gasteiger partial charge in [-0.1, -0.05) is 0 Å². The SMILES string of the molecule is CC(CC#N)N(C)C(=O)NC1CCC(C(=O)O)C1. The predicted octanol–water partition coefficient (Wildman–Crippen LogP) is 1.18. The van der Waals surface area contributed by atoms with Crippen LogP contribution in [-0.4, -0.2) is 41.1 Å². The fraction of sp³-hybridized carbons (Fsp3) is 0.750. The highest BCUT2D eigenvalue weighted by molar-refractivity contribution is 5.75. The molecule has 1 saturated carbocycles. The van der Waals surface area contributed by atoms with Crippen molar-refractivity contribution in [1.82, 2.24) is 10.2 Å². The number of hydrogen-bond donors (Lipinski definition) is 2.